The van der Waals surface area contributed by atoms with Crippen LogP contribution in [-0.2, 0) is 4.79 Å². The van der Waals surface area contributed by atoms with E-state index >= 15 is 0 Å². The molecule has 2 aromatic rings. The molecule has 0 bridgehead atoms. The van der Waals surface area contributed by atoms with E-state index in [0.29, 0.717) is 32.9 Å². The number of likely N-dealkylation sites (N-methyl/N-ethyl adjacent to an activating group) is 1. The number of nitro groups is 1. The second-order valence-electron chi connectivity index (χ2n) is 4.90. The highest BCUT2D eigenvalue weighted by molar-refractivity contribution is 8.26. The Bertz CT molecular complexity index is 872. The Hall–Kier alpha value is -2.45. The predicted molar refractivity (Wildman–Crippen MR) is 96.4 cm³/mol. The number of carbonyl (C=O) groups excluding carboxylic acids is 1. The van der Waals surface area contributed by atoms with Crippen molar-refractivity contribution in [1.82, 2.24) is 4.90 Å². The van der Waals surface area contributed by atoms with Crippen LogP contribution < -0.4 is 0 Å². The first-order valence-electron chi connectivity index (χ1n) is 7.10. The van der Waals surface area contributed by atoms with Crippen LogP contribution in [0.4, 0.5) is 5.69 Å². The standard InChI is InChI=1S/C16H12N2O4S2/c1-2-17-15(19)14(24-16(17)23)9-10-7-8-13(22-10)11-5-3-4-6-12(11)18(20)21/h3-9H,2H2,1H3. The first-order valence-corrected chi connectivity index (χ1v) is 8.32. The van der Waals surface area contributed by atoms with Gasteiger partial charge >= 0.3 is 0 Å². The number of para-hydroxylation sites is 1. The molecule has 122 valence electrons. The van der Waals surface area contributed by atoms with Crippen LogP contribution >= 0.6 is 24.0 Å². The summed E-state index contributed by atoms with van der Waals surface area (Å²) in [5.74, 6) is 0.662. The maximum Gasteiger partial charge on any atom is 0.280 e. The summed E-state index contributed by atoms with van der Waals surface area (Å²) in [6.45, 7) is 2.37. The lowest BCUT2D eigenvalue weighted by atomic mass is 10.1. The Balaban J connectivity index is 1.93. The van der Waals surface area contributed by atoms with Crippen LogP contribution in [0.3, 0.4) is 0 Å². The molecule has 1 aromatic carbocycles. The molecule has 1 aliphatic rings. The van der Waals surface area contributed by atoms with Gasteiger partial charge in [0, 0.05) is 18.7 Å². The number of rotatable bonds is 4. The van der Waals surface area contributed by atoms with Crippen LogP contribution in [0.2, 0.25) is 0 Å². The van der Waals surface area contributed by atoms with E-state index in [-0.39, 0.29) is 11.6 Å². The van der Waals surface area contributed by atoms with E-state index in [1.165, 1.54) is 22.7 Å². The highest BCUT2D eigenvalue weighted by Gasteiger charge is 2.31. The normalized spacial score (nSPS) is 16.2. The van der Waals surface area contributed by atoms with Crippen molar-refractivity contribution in [2.75, 3.05) is 6.54 Å². The minimum atomic E-state index is -0.454. The van der Waals surface area contributed by atoms with E-state index in [1.807, 2.05) is 6.92 Å². The lowest BCUT2D eigenvalue weighted by Crippen LogP contribution is -2.27. The number of thioether (sulfide) groups is 1. The number of benzene rings is 1. The highest BCUT2D eigenvalue weighted by Crippen LogP contribution is 2.35. The van der Waals surface area contributed by atoms with Crippen molar-refractivity contribution in [2.45, 2.75) is 6.92 Å². The van der Waals surface area contributed by atoms with Crippen molar-refractivity contribution in [3.8, 4) is 11.3 Å². The summed E-state index contributed by atoms with van der Waals surface area (Å²) in [5.41, 5.74) is 0.360. The third-order valence-corrected chi connectivity index (χ3v) is 4.83. The van der Waals surface area contributed by atoms with Crippen molar-refractivity contribution < 1.29 is 14.1 Å². The van der Waals surface area contributed by atoms with Gasteiger partial charge < -0.3 is 4.42 Å². The van der Waals surface area contributed by atoms with Gasteiger partial charge in [0.15, 0.2) is 0 Å². The minimum Gasteiger partial charge on any atom is -0.456 e. The molecule has 0 atom stereocenters. The number of amides is 1. The summed E-state index contributed by atoms with van der Waals surface area (Å²) < 4.78 is 6.18. The van der Waals surface area contributed by atoms with Crippen LogP contribution in [0, 0.1) is 10.1 Å². The van der Waals surface area contributed by atoms with Crippen molar-refractivity contribution in [2.24, 2.45) is 0 Å². The summed E-state index contributed by atoms with van der Waals surface area (Å²) in [7, 11) is 0. The number of hydrogen-bond acceptors (Lipinski definition) is 6. The second-order valence-corrected chi connectivity index (χ2v) is 6.58. The van der Waals surface area contributed by atoms with Gasteiger partial charge in [0.05, 0.1) is 15.4 Å². The Morgan fingerprint density at radius 3 is 2.75 bits per heavy atom. The zero-order valence-corrected chi connectivity index (χ0v) is 14.2. The van der Waals surface area contributed by atoms with Gasteiger partial charge in [0.2, 0.25) is 0 Å². The van der Waals surface area contributed by atoms with Gasteiger partial charge in [0.1, 0.15) is 15.8 Å². The number of furan rings is 1. The lowest BCUT2D eigenvalue weighted by Gasteiger charge is -2.09. The van der Waals surface area contributed by atoms with Gasteiger partial charge in [-0.15, -0.1) is 0 Å². The summed E-state index contributed by atoms with van der Waals surface area (Å²) in [4.78, 5) is 24.8. The molecule has 0 aliphatic carbocycles. The molecule has 1 saturated heterocycles. The van der Waals surface area contributed by atoms with Crippen LogP contribution in [0.5, 0.6) is 0 Å². The van der Waals surface area contributed by atoms with Crippen molar-refractivity contribution in [3.63, 3.8) is 0 Å². The van der Waals surface area contributed by atoms with E-state index in [1.54, 1.807) is 36.4 Å². The van der Waals surface area contributed by atoms with Gasteiger partial charge in [-0.1, -0.05) is 36.1 Å². The molecule has 6 nitrogen and oxygen atoms in total. The summed E-state index contributed by atoms with van der Waals surface area (Å²) in [6, 6.07) is 9.67. The van der Waals surface area contributed by atoms with Crippen LogP contribution in [0.1, 0.15) is 12.7 Å². The molecule has 1 aliphatic heterocycles. The molecule has 3 rings (SSSR count). The van der Waals surface area contributed by atoms with Crippen LogP contribution in [0.15, 0.2) is 45.7 Å². The first-order chi connectivity index (χ1) is 11.5. The second kappa shape index (κ2) is 6.58. The van der Waals surface area contributed by atoms with Crippen LogP contribution in [-0.4, -0.2) is 26.6 Å². The molecule has 8 heteroatoms. The van der Waals surface area contributed by atoms with Crippen molar-refractivity contribution >= 4 is 46.0 Å². The molecule has 0 spiro atoms. The maximum atomic E-state index is 12.2. The number of nitro benzene ring substituents is 1. The average molecular weight is 360 g/mol. The molecule has 1 fully saturated rings. The zero-order valence-electron chi connectivity index (χ0n) is 12.6. The zero-order chi connectivity index (χ0) is 17.3. The number of hydrogen-bond donors (Lipinski definition) is 0. The van der Waals surface area contributed by atoms with E-state index < -0.39 is 4.92 Å². The van der Waals surface area contributed by atoms with E-state index in [0.717, 1.165) is 0 Å². The fraction of sp³-hybridized carbons (Fsp3) is 0.125. The fourth-order valence-electron chi connectivity index (χ4n) is 2.32. The van der Waals surface area contributed by atoms with Crippen LogP contribution in [0.25, 0.3) is 17.4 Å². The topological polar surface area (TPSA) is 76.6 Å². The Morgan fingerprint density at radius 2 is 2.08 bits per heavy atom. The molecule has 1 aromatic heterocycles. The summed E-state index contributed by atoms with van der Waals surface area (Å²) in [5, 5.41) is 11.1. The predicted octanol–water partition coefficient (Wildman–Crippen LogP) is 4.08. The number of carbonyl (C=O) groups is 1. The highest BCUT2D eigenvalue weighted by atomic mass is 32.2. The molecule has 0 saturated carbocycles. The lowest BCUT2D eigenvalue weighted by molar-refractivity contribution is -0.384. The monoisotopic (exact) mass is 360 g/mol. The molecule has 2 heterocycles. The van der Waals surface area contributed by atoms with Crippen molar-refractivity contribution in [3.05, 3.63) is 57.2 Å². The van der Waals surface area contributed by atoms with Gasteiger partial charge in [0.25, 0.3) is 11.6 Å². The van der Waals surface area contributed by atoms with Gasteiger partial charge in [-0.05, 0) is 25.1 Å². The summed E-state index contributed by atoms with van der Waals surface area (Å²) >= 11 is 6.37. The Morgan fingerprint density at radius 1 is 1.33 bits per heavy atom. The van der Waals surface area contributed by atoms with Gasteiger partial charge in [-0.25, -0.2) is 0 Å². The fourth-order valence-corrected chi connectivity index (χ4v) is 3.68. The van der Waals surface area contributed by atoms with Gasteiger partial charge in [-0.2, -0.15) is 0 Å². The first kappa shape index (κ1) is 16.4. The molecule has 0 radical (unpaired) electrons. The molecule has 24 heavy (non-hydrogen) atoms. The number of nitrogens with zero attached hydrogens (tertiary/aromatic N) is 2. The third kappa shape index (κ3) is 2.98. The third-order valence-electron chi connectivity index (χ3n) is 3.46. The average Bonchev–Trinajstić information content (AvgIpc) is 3.13. The maximum absolute atomic E-state index is 12.2. The molecule has 1 amide bonds. The molecular weight excluding hydrogens is 348 g/mol. The molecule has 0 N–H and O–H groups in total. The Labute approximate surface area is 147 Å². The minimum absolute atomic E-state index is 0.0318. The Kier molecular flexibility index (Phi) is 4.50. The summed E-state index contributed by atoms with van der Waals surface area (Å²) in [6.07, 6.45) is 1.60. The van der Waals surface area contributed by atoms with Crippen molar-refractivity contribution in [1.29, 1.82) is 0 Å². The van der Waals surface area contributed by atoms with E-state index in [2.05, 4.69) is 0 Å². The number of thiocarbonyl (C=S) groups is 1. The van der Waals surface area contributed by atoms with E-state index in [4.69, 9.17) is 16.6 Å². The van der Waals surface area contributed by atoms with E-state index in [9.17, 15) is 14.9 Å². The molecule has 0 unspecified atom stereocenters. The largest absolute Gasteiger partial charge is 0.456 e. The molecular formula is C16H12N2O4S2. The SMILES string of the molecule is CCN1C(=O)C(=Cc2ccc(-c3ccccc3[N+](=O)[O-])o2)SC1=S. The smallest absolute Gasteiger partial charge is 0.280 e. The van der Waals surface area contributed by atoms with Gasteiger partial charge in [-0.3, -0.25) is 19.8 Å². The quantitative estimate of drug-likeness (QED) is 0.354.